The third-order valence-corrected chi connectivity index (χ3v) is 7.46. The lowest BCUT2D eigenvalue weighted by Gasteiger charge is -2.17. The van der Waals surface area contributed by atoms with Gasteiger partial charge in [0.15, 0.2) is 11.6 Å². The van der Waals surface area contributed by atoms with Crippen LogP contribution in [0.15, 0.2) is 83.0 Å². The van der Waals surface area contributed by atoms with Crippen LogP contribution in [-0.2, 0) is 4.79 Å². The number of fused-ring (bicyclic) bond motifs is 1. The first-order valence-electron chi connectivity index (χ1n) is 13.0. The summed E-state index contributed by atoms with van der Waals surface area (Å²) >= 11 is 1.40. The third-order valence-electron chi connectivity index (χ3n) is 6.60. The molecular formula is C28H28FN9O2S. The summed E-state index contributed by atoms with van der Waals surface area (Å²) in [6.07, 6.45) is 1.22. The van der Waals surface area contributed by atoms with Gasteiger partial charge in [0.05, 0.1) is 18.7 Å². The second-order valence-corrected chi connectivity index (χ2v) is 10.9. The first-order valence-corrected chi connectivity index (χ1v) is 13.8. The monoisotopic (exact) mass is 573 g/mol. The summed E-state index contributed by atoms with van der Waals surface area (Å²) in [5.41, 5.74) is 3.16. The van der Waals surface area contributed by atoms with Crippen molar-refractivity contribution in [2.75, 3.05) is 35.6 Å². The van der Waals surface area contributed by atoms with Gasteiger partial charge < -0.3 is 21.1 Å². The molecule has 2 aromatic carbocycles. The highest BCUT2D eigenvalue weighted by Crippen LogP contribution is 2.29. The standard InChI is InChI=1S/C28H28FN9O2S/c1-17-13-25(35-34-17)32-27-23-3-2-12-38(23)36-28(33-27)41-21-10-8-20(9-11-21)31-26(40)16-37-14-22(24(39)15-37)30-19-6-4-18(29)5-7-19/h2-13,22,24,30,39H,14-16H2,1H3,(H,31,40)(H2,32,33,34,35,36). The van der Waals surface area contributed by atoms with Gasteiger partial charge in [-0.2, -0.15) is 5.10 Å². The number of carbonyl (C=O) groups is 1. The minimum Gasteiger partial charge on any atom is -0.390 e. The maximum atomic E-state index is 13.2. The number of aliphatic hydroxyl groups is 1. The molecule has 13 heteroatoms. The Labute approximate surface area is 239 Å². The highest BCUT2D eigenvalue weighted by atomic mass is 32.2. The highest BCUT2D eigenvalue weighted by Gasteiger charge is 2.32. The predicted molar refractivity (Wildman–Crippen MR) is 155 cm³/mol. The van der Waals surface area contributed by atoms with Crippen molar-refractivity contribution in [1.82, 2.24) is 29.7 Å². The Morgan fingerprint density at radius 2 is 1.90 bits per heavy atom. The molecule has 5 aromatic rings. The van der Waals surface area contributed by atoms with Crippen LogP contribution >= 0.6 is 11.8 Å². The fourth-order valence-corrected chi connectivity index (χ4v) is 5.41. The summed E-state index contributed by atoms with van der Waals surface area (Å²) in [7, 11) is 0. The highest BCUT2D eigenvalue weighted by molar-refractivity contribution is 7.99. The molecule has 2 unspecified atom stereocenters. The van der Waals surface area contributed by atoms with Crippen LogP contribution in [0, 0.1) is 12.7 Å². The molecule has 2 atom stereocenters. The number of β-amino-alcohol motifs (C(OH)–C–C–N with tert-alkyl or cyclic N) is 1. The number of anilines is 4. The molecule has 1 saturated heterocycles. The van der Waals surface area contributed by atoms with Crippen molar-refractivity contribution in [3.63, 3.8) is 0 Å². The quantitative estimate of drug-likeness (QED) is 0.178. The average Bonchev–Trinajstić information content (AvgIpc) is 3.67. The second-order valence-electron chi connectivity index (χ2n) is 9.84. The van der Waals surface area contributed by atoms with Crippen LogP contribution in [0.2, 0.25) is 0 Å². The van der Waals surface area contributed by atoms with E-state index in [4.69, 9.17) is 4.98 Å². The number of benzene rings is 2. The number of likely N-dealkylation sites (tertiary alicyclic amines) is 1. The maximum absolute atomic E-state index is 13.2. The van der Waals surface area contributed by atoms with Crippen molar-refractivity contribution in [3.8, 4) is 0 Å². The van der Waals surface area contributed by atoms with Crippen LogP contribution in [0.1, 0.15) is 5.69 Å². The number of halogens is 1. The number of hydrogen-bond acceptors (Lipinski definition) is 9. The van der Waals surface area contributed by atoms with Crippen molar-refractivity contribution in [3.05, 3.63) is 84.4 Å². The van der Waals surface area contributed by atoms with E-state index in [1.54, 1.807) is 16.6 Å². The van der Waals surface area contributed by atoms with Crippen LogP contribution in [0.4, 0.5) is 27.4 Å². The normalized spacial score (nSPS) is 17.1. The molecule has 1 fully saturated rings. The van der Waals surface area contributed by atoms with E-state index in [-0.39, 0.29) is 24.3 Å². The lowest BCUT2D eigenvalue weighted by molar-refractivity contribution is -0.117. The van der Waals surface area contributed by atoms with Gasteiger partial charge in [-0.25, -0.2) is 13.9 Å². The maximum Gasteiger partial charge on any atom is 0.238 e. The molecule has 4 heterocycles. The van der Waals surface area contributed by atoms with Gasteiger partial charge in [0, 0.05) is 47.3 Å². The molecule has 3 aromatic heterocycles. The van der Waals surface area contributed by atoms with Crippen LogP contribution in [0.3, 0.4) is 0 Å². The second kappa shape index (κ2) is 11.6. The zero-order valence-electron chi connectivity index (χ0n) is 22.1. The number of aromatic amines is 1. The van der Waals surface area contributed by atoms with E-state index in [1.807, 2.05) is 60.5 Å². The van der Waals surface area contributed by atoms with E-state index >= 15 is 0 Å². The lowest BCUT2D eigenvalue weighted by Crippen LogP contribution is -2.33. The van der Waals surface area contributed by atoms with Gasteiger partial charge >= 0.3 is 0 Å². The number of aryl methyl sites for hydroxylation is 1. The topological polar surface area (TPSA) is 136 Å². The summed E-state index contributed by atoms with van der Waals surface area (Å²) in [6.45, 7) is 2.93. The van der Waals surface area contributed by atoms with Gasteiger partial charge in [0.1, 0.15) is 11.3 Å². The molecule has 6 rings (SSSR count). The van der Waals surface area contributed by atoms with Crippen molar-refractivity contribution in [2.24, 2.45) is 0 Å². The fraction of sp³-hybridized carbons (Fsp3) is 0.214. The summed E-state index contributed by atoms with van der Waals surface area (Å²) in [5.74, 6) is 0.820. The van der Waals surface area contributed by atoms with Crippen LogP contribution in [0.5, 0.6) is 0 Å². The van der Waals surface area contributed by atoms with Crippen molar-refractivity contribution in [1.29, 1.82) is 0 Å². The Bertz CT molecular complexity index is 1660. The molecule has 0 saturated carbocycles. The largest absolute Gasteiger partial charge is 0.390 e. The Hall–Kier alpha value is -4.46. The lowest BCUT2D eigenvalue weighted by atomic mass is 10.2. The minimum atomic E-state index is -0.642. The number of hydrogen-bond donors (Lipinski definition) is 5. The first-order chi connectivity index (χ1) is 19.9. The van der Waals surface area contributed by atoms with Crippen LogP contribution in [0.25, 0.3) is 5.52 Å². The molecule has 0 bridgehead atoms. The van der Waals surface area contributed by atoms with Gasteiger partial charge in [-0.3, -0.25) is 14.8 Å². The number of carbonyl (C=O) groups excluding carboxylic acids is 1. The molecule has 11 nitrogen and oxygen atoms in total. The number of H-pyrrole nitrogens is 1. The number of nitrogens with zero attached hydrogens (tertiary/aromatic N) is 5. The zero-order valence-corrected chi connectivity index (χ0v) is 22.9. The fourth-order valence-electron chi connectivity index (χ4n) is 4.67. The number of amides is 1. The number of aromatic nitrogens is 5. The molecule has 1 amide bonds. The molecule has 1 aliphatic rings. The van der Waals surface area contributed by atoms with E-state index in [0.717, 1.165) is 21.8 Å². The summed E-state index contributed by atoms with van der Waals surface area (Å²) in [6, 6.07) is 18.9. The molecule has 1 aliphatic heterocycles. The number of nitrogens with one attached hydrogen (secondary N) is 4. The Morgan fingerprint density at radius 1 is 1.12 bits per heavy atom. The van der Waals surface area contributed by atoms with Crippen LogP contribution < -0.4 is 16.0 Å². The van der Waals surface area contributed by atoms with E-state index in [0.29, 0.717) is 35.6 Å². The Balaban J connectivity index is 1.04. The minimum absolute atomic E-state index is 0.144. The molecule has 41 heavy (non-hydrogen) atoms. The molecule has 0 spiro atoms. The smallest absolute Gasteiger partial charge is 0.238 e. The Morgan fingerprint density at radius 3 is 2.66 bits per heavy atom. The molecular weight excluding hydrogens is 545 g/mol. The SMILES string of the molecule is Cc1cc(Nc2nc(Sc3ccc(NC(=O)CN4CC(O)C(Nc5ccc(F)cc5)C4)cc3)nn3cccc23)n[nH]1. The van der Waals surface area contributed by atoms with Crippen molar-refractivity contribution < 1.29 is 14.3 Å². The van der Waals surface area contributed by atoms with Crippen molar-refractivity contribution >= 4 is 46.2 Å². The van der Waals surface area contributed by atoms with E-state index in [9.17, 15) is 14.3 Å². The summed E-state index contributed by atoms with van der Waals surface area (Å²) in [4.78, 5) is 20.2. The van der Waals surface area contributed by atoms with Gasteiger partial charge in [-0.05, 0) is 79.3 Å². The van der Waals surface area contributed by atoms with Crippen molar-refractivity contribution in [2.45, 2.75) is 29.1 Å². The third kappa shape index (κ3) is 6.48. The van der Waals surface area contributed by atoms with E-state index in [2.05, 4.69) is 31.2 Å². The first kappa shape index (κ1) is 26.7. The van der Waals surface area contributed by atoms with Gasteiger partial charge in [0.25, 0.3) is 0 Å². The van der Waals surface area contributed by atoms with Crippen LogP contribution in [-0.4, -0.2) is 72.5 Å². The molecule has 5 N–H and O–H groups in total. The molecule has 0 radical (unpaired) electrons. The number of aliphatic hydroxyl groups excluding tert-OH is 1. The average molecular weight is 574 g/mol. The number of rotatable bonds is 9. The zero-order chi connectivity index (χ0) is 28.3. The van der Waals surface area contributed by atoms with Gasteiger partial charge in [0.2, 0.25) is 11.1 Å². The summed E-state index contributed by atoms with van der Waals surface area (Å²) < 4.78 is 14.9. The predicted octanol–water partition coefficient (Wildman–Crippen LogP) is 3.89. The van der Waals surface area contributed by atoms with Gasteiger partial charge in [-0.1, -0.05) is 0 Å². The van der Waals surface area contributed by atoms with E-state index < -0.39 is 6.10 Å². The molecule has 210 valence electrons. The summed E-state index contributed by atoms with van der Waals surface area (Å²) in [5, 5.41) is 32.1. The Kier molecular flexibility index (Phi) is 7.55. The van der Waals surface area contributed by atoms with E-state index in [1.165, 1.54) is 23.9 Å². The molecule has 0 aliphatic carbocycles. The van der Waals surface area contributed by atoms with Gasteiger partial charge in [-0.15, -0.1) is 5.10 Å².